The lowest BCUT2D eigenvalue weighted by Crippen LogP contribution is -2.19. The molecule has 1 amide bonds. The zero-order valence-corrected chi connectivity index (χ0v) is 14.9. The van der Waals surface area contributed by atoms with Gasteiger partial charge < -0.3 is 5.73 Å². The molecule has 6 nitrogen and oxygen atoms in total. The first kappa shape index (κ1) is 17.2. The SMILES string of the molecule is Cc1nc(-c2nccs2)nc(-n2cc(C(F)F)c3ccccc32)c1C(N)=O. The van der Waals surface area contributed by atoms with Crippen LogP contribution in [0.3, 0.4) is 0 Å². The molecular weight excluding hydrogens is 372 g/mol. The van der Waals surface area contributed by atoms with E-state index in [1.54, 1.807) is 42.8 Å². The number of carbonyl (C=O) groups excluding carboxylic acids is 1. The molecule has 0 fully saturated rings. The number of aromatic nitrogens is 4. The van der Waals surface area contributed by atoms with E-state index in [1.807, 2.05) is 0 Å². The number of amides is 1. The first-order valence-corrected chi connectivity index (χ1v) is 8.82. The molecule has 0 spiro atoms. The van der Waals surface area contributed by atoms with E-state index in [0.29, 0.717) is 27.4 Å². The molecular formula is C18H13F2N5OS. The predicted octanol–water partition coefficient (Wildman–Crippen LogP) is 3.89. The van der Waals surface area contributed by atoms with Crippen LogP contribution in [-0.2, 0) is 0 Å². The summed E-state index contributed by atoms with van der Waals surface area (Å²) in [5.74, 6) is -0.272. The molecule has 0 aliphatic rings. The Balaban J connectivity index is 2.06. The van der Waals surface area contributed by atoms with Gasteiger partial charge in [0.15, 0.2) is 16.6 Å². The number of nitrogens with zero attached hydrogens (tertiary/aromatic N) is 4. The Morgan fingerprint density at radius 3 is 2.70 bits per heavy atom. The summed E-state index contributed by atoms with van der Waals surface area (Å²) in [5, 5.41) is 2.71. The summed E-state index contributed by atoms with van der Waals surface area (Å²) < 4.78 is 28.5. The van der Waals surface area contributed by atoms with Crippen LogP contribution in [0.1, 0.15) is 28.0 Å². The number of fused-ring (bicyclic) bond motifs is 1. The second-order valence-corrected chi connectivity index (χ2v) is 6.70. The molecule has 27 heavy (non-hydrogen) atoms. The minimum Gasteiger partial charge on any atom is -0.365 e. The Kier molecular flexibility index (Phi) is 4.15. The molecule has 0 saturated carbocycles. The molecule has 2 N–H and O–H groups in total. The van der Waals surface area contributed by atoms with Crippen molar-refractivity contribution in [2.45, 2.75) is 13.3 Å². The number of primary amides is 1. The van der Waals surface area contributed by atoms with Crippen molar-refractivity contribution in [2.75, 3.05) is 0 Å². The lowest BCUT2D eigenvalue weighted by Gasteiger charge is -2.12. The van der Waals surface area contributed by atoms with Gasteiger partial charge in [-0.3, -0.25) is 9.36 Å². The van der Waals surface area contributed by atoms with Gasteiger partial charge in [-0.25, -0.2) is 23.7 Å². The van der Waals surface area contributed by atoms with Crippen LogP contribution in [0.25, 0.3) is 27.6 Å². The first-order chi connectivity index (χ1) is 13.0. The summed E-state index contributed by atoms with van der Waals surface area (Å²) in [7, 11) is 0. The van der Waals surface area contributed by atoms with Crippen LogP contribution in [0.15, 0.2) is 42.0 Å². The van der Waals surface area contributed by atoms with Crippen molar-refractivity contribution in [1.82, 2.24) is 19.5 Å². The maximum Gasteiger partial charge on any atom is 0.265 e. The summed E-state index contributed by atoms with van der Waals surface area (Å²) in [6.45, 7) is 1.63. The van der Waals surface area contributed by atoms with Gasteiger partial charge in [-0.15, -0.1) is 11.3 Å². The fourth-order valence-electron chi connectivity index (χ4n) is 3.01. The minimum absolute atomic E-state index is 0.0804. The van der Waals surface area contributed by atoms with Gasteiger partial charge in [-0.2, -0.15) is 0 Å². The molecule has 4 aromatic rings. The normalized spacial score (nSPS) is 11.4. The van der Waals surface area contributed by atoms with E-state index in [9.17, 15) is 13.6 Å². The van der Waals surface area contributed by atoms with Crippen LogP contribution < -0.4 is 5.73 Å². The quantitative estimate of drug-likeness (QED) is 0.577. The Morgan fingerprint density at radius 2 is 2.04 bits per heavy atom. The minimum atomic E-state index is -2.67. The van der Waals surface area contributed by atoms with E-state index in [0.717, 1.165) is 0 Å². The number of halogens is 2. The largest absolute Gasteiger partial charge is 0.365 e. The third-order valence-electron chi connectivity index (χ3n) is 4.15. The van der Waals surface area contributed by atoms with E-state index >= 15 is 0 Å². The van der Waals surface area contributed by atoms with Crippen molar-refractivity contribution in [1.29, 1.82) is 0 Å². The molecule has 1 aromatic carbocycles. The van der Waals surface area contributed by atoms with E-state index in [4.69, 9.17) is 5.73 Å². The molecule has 0 atom stereocenters. The molecule has 0 radical (unpaired) electrons. The lowest BCUT2D eigenvalue weighted by atomic mass is 10.2. The van der Waals surface area contributed by atoms with Gasteiger partial charge >= 0.3 is 0 Å². The maximum absolute atomic E-state index is 13.5. The number of alkyl halides is 2. The van der Waals surface area contributed by atoms with Gasteiger partial charge in [0, 0.05) is 28.7 Å². The number of benzene rings is 1. The van der Waals surface area contributed by atoms with Gasteiger partial charge in [0.1, 0.15) is 5.56 Å². The molecule has 0 aliphatic carbocycles. The Bertz CT molecular complexity index is 1150. The number of hydrogen-bond donors (Lipinski definition) is 1. The third kappa shape index (κ3) is 2.85. The van der Waals surface area contributed by atoms with Gasteiger partial charge in [0.2, 0.25) is 0 Å². The van der Waals surface area contributed by atoms with Crippen molar-refractivity contribution >= 4 is 28.1 Å². The molecule has 0 saturated heterocycles. The van der Waals surface area contributed by atoms with Crippen LogP contribution in [0.2, 0.25) is 0 Å². The zero-order chi connectivity index (χ0) is 19.1. The molecule has 136 valence electrons. The lowest BCUT2D eigenvalue weighted by molar-refractivity contribution is 0.0999. The monoisotopic (exact) mass is 385 g/mol. The van der Waals surface area contributed by atoms with Crippen molar-refractivity contribution in [2.24, 2.45) is 5.73 Å². The molecule has 3 aromatic heterocycles. The third-order valence-corrected chi connectivity index (χ3v) is 4.92. The second kappa shape index (κ2) is 6.51. The highest BCUT2D eigenvalue weighted by Gasteiger charge is 2.23. The van der Waals surface area contributed by atoms with E-state index in [2.05, 4.69) is 15.0 Å². The summed E-state index contributed by atoms with van der Waals surface area (Å²) in [4.78, 5) is 25.0. The highest BCUT2D eigenvalue weighted by Crippen LogP contribution is 2.33. The fraction of sp³-hybridized carbons (Fsp3) is 0.111. The topological polar surface area (TPSA) is 86.7 Å². The predicted molar refractivity (Wildman–Crippen MR) is 98.2 cm³/mol. The standard InChI is InChI=1S/C18H13F2N5OS/c1-9-13(15(21)26)17(24-16(23-9)18-22-6-7-27-18)25-8-11(14(19)20)10-4-2-3-5-12(10)25/h2-8,14H,1H3,(H2,21,26). The van der Waals surface area contributed by atoms with Crippen molar-refractivity contribution in [3.8, 4) is 16.6 Å². The Morgan fingerprint density at radius 1 is 1.26 bits per heavy atom. The van der Waals surface area contributed by atoms with E-state index in [-0.39, 0.29) is 16.9 Å². The van der Waals surface area contributed by atoms with Crippen LogP contribution in [0, 0.1) is 6.92 Å². The summed E-state index contributed by atoms with van der Waals surface area (Å²) in [6, 6.07) is 6.70. The van der Waals surface area contributed by atoms with E-state index < -0.39 is 12.3 Å². The molecule has 3 heterocycles. The average molecular weight is 385 g/mol. The van der Waals surface area contributed by atoms with Crippen LogP contribution in [-0.4, -0.2) is 25.4 Å². The first-order valence-electron chi connectivity index (χ1n) is 7.94. The van der Waals surface area contributed by atoms with Crippen molar-refractivity contribution in [3.63, 3.8) is 0 Å². The van der Waals surface area contributed by atoms with Crippen LogP contribution in [0.5, 0.6) is 0 Å². The van der Waals surface area contributed by atoms with Crippen LogP contribution in [0.4, 0.5) is 8.78 Å². The van der Waals surface area contributed by atoms with E-state index in [1.165, 1.54) is 22.1 Å². The maximum atomic E-state index is 13.5. The zero-order valence-electron chi connectivity index (χ0n) is 14.1. The van der Waals surface area contributed by atoms with Gasteiger partial charge in [-0.1, -0.05) is 18.2 Å². The van der Waals surface area contributed by atoms with Crippen molar-refractivity contribution in [3.05, 3.63) is 58.9 Å². The molecule has 0 unspecified atom stereocenters. The number of aryl methyl sites for hydroxylation is 1. The smallest absolute Gasteiger partial charge is 0.265 e. The summed E-state index contributed by atoms with van der Waals surface area (Å²) >= 11 is 1.34. The number of rotatable bonds is 4. The fourth-order valence-corrected chi connectivity index (χ4v) is 3.57. The highest BCUT2D eigenvalue weighted by molar-refractivity contribution is 7.13. The van der Waals surface area contributed by atoms with Gasteiger partial charge in [-0.05, 0) is 13.0 Å². The second-order valence-electron chi connectivity index (χ2n) is 5.81. The number of carbonyl (C=O) groups is 1. The Labute approximate surface area is 156 Å². The number of para-hydroxylation sites is 1. The van der Waals surface area contributed by atoms with Gasteiger partial charge in [0.25, 0.3) is 12.3 Å². The highest BCUT2D eigenvalue weighted by atomic mass is 32.1. The molecule has 4 rings (SSSR count). The average Bonchev–Trinajstić information content (AvgIpc) is 3.28. The molecule has 9 heteroatoms. The Hall–Kier alpha value is -3.20. The molecule has 0 bridgehead atoms. The summed E-state index contributed by atoms with van der Waals surface area (Å²) in [5.41, 5.74) is 6.33. The number of hydrogen-bond acceptors (Lipinski definition) is 5. The number of nitrogens with two attached hydrogens (primary N) is 1. The summed E-state index contributed by atoms with van der Waals surface area (Å²) in [6.07, 6.45) is 0.227. The van der Waals surface area contributed by atoms with Gasteiger partial charge in [0.05, 0.1) is 11.2 Å². The number of thiazole rings is 1. The van der Waals surface area contributed by atoms with Crippen molar-refractivity contribution < 1.29 is 13.6 Å². The van der Waals surface area contributed by atoms with Crippen LogP contribution >= 0.6 is 11.3 Å². The molecule has 0 aliphatic heterocycles.